The number of nitrogens with zero attached hydrogens (tertiary/aromatic N) is 3. The summed E-state index contributed by atoms with van der Waals surface area (Å²) in [5.74, 6) is -2.74. The van der Waals surface area contributed by atoms with Crippen molar-refractivity contribution < 1.29 is 92.3 Å². The third-order valence-electron chi connectivity index (χ3n) is 11.1. The van der Waals surface area contributed by atoms with Gasteiger partial charge in [-0.15, -0.1) is 0 Å². The van der Waals surface area contributed by atoms with Gasteiger partial charge in [0, 0.05) is 71.5 Å². The highest BCUT2D eigenvalue weighted by molar-refractivity contribution is 7.87. The minimum Gasteiger partial charge on any atom is -0.478 e. The number of hydrogen-bond donors (Lipinski definition) is 7. The van der Waals surface area contributed by atoms with E-state index in [0.29, 0.717) is 23.5 Å². The fourth-order valence-corrected chi connectivity index (χ4v) is 11.3. The molecule has 5 aromatic rings. The Balaban J connectivity index is 1.76. The lowest BCUT2D eigenvalue weighted by Gasteiger charge is -2.28. The number of hydrogen-bond acceptors (Lipinski definition) is 15. The number of aryl methyl sites for hydroxylation is 2. The second-order valence-electron chi connectivity index (χ2n) is 16.1. The monoisotopic (exact) mass is 1120 g/mol. The van der Waals surface area contributed by atoms with Gasteiger partial charge < -0.3 is 10.0 Å². The molecule has 0 spiro atoms. The van der Waals surface area contributed by atoms with Crippen molar-refractivity contribution in [2.75, 3.05) is 29.5 Å². The van der Waals surface area contributed by atoms with Crippen molar-refractivity contribution in [2.24, 2.45) is 0 Å². The first-order valence-corrected chi connectivity index (χ1v) is 29.6. The van der Waals surface area contributed by atoms with Crippen LogP contribution in [0.1, 0.15) is 53.9 Å². The van der Waals surface area contributed by atoms with Crippen molar-refractivity contribution in [3.05, 3.63) is 119 Å². The molecule has 5 rings (SSSR count). The molecule has 0 fully saturated rings. The van der Waals surface area contributed by atoms with Gasteiger partial charge in [-0.1, -0.05) is 12.1 Å². The molecule has 0 aliphatic rings. The van der Waals surface area contributed by atoms with E-state index in [-0.39, 0.29) is 86.8 Å². The van der Waals surface area contributed by atoms with Crippen LogP contribution in [0.4, 0.5) is 11.4 Å². The Kier molecular flexibility index (Phi) is 16.9. The number of carboxylic acids is 1. The van der Waals surface area contributed by atoms with Crippen LogP contribution in [-0.4, -0.2) is 129 Å². The summed E-state index contributed by atoms with van der Waals surface area (Å²) < 4.78 is 206. The number of benzene rings is 4. The highest BCUT2D eigenvalue weighted by Gasteiger charge is 2.27. The van der Waals surface area contributed by atoms with Gasteiger partial charge >= 0.3 is 5.97 Å². The Bertz CT molecular complexity index is 3870. The predicted octanol–water partition coefficient (Wildman–Crippen LogP) is 5.40. The van der Waals surface area contributed by atoms with E-state index in [1.54, 1.807) is 13.8 Å². The zero-order valence-corrected chi connectivity index (χ0v) is 43.0. The highest BCUT2D eigenvalue weighted by Crippen LogP contribution is 2.37. The van der Waals surface area contributed by atoms with E-state index in [0.717, 1.165) is 18.3 Å². The lowest BCUT2D eigenvalue weighted by molar-refractivity contribution is -0.440. The summed E-state index contributed by atoms with van der Waals surface area (Å²) in [5.41, 5.74) is 1.69. The number of aromatic nitrogens is 1. The van der Waals surface area contributed by atoms with Gasteiger partial charge in [0.1, 0.15) is 16.3 Å². The number of carbonyl (C=O) groups is 1. The van der Waals surface area contributed by atoms with Crippen LogP contribution in [0.2, 0.25) is 0 Å². The summed E-state index contributed by atoms with van der Waals surface area (Å²) in [6.07, 6.45) is 6.66. The van der Waals surface area contributed by atoms with Crippen LogP contribution in [0.15, 0.2) is 116 Å². The van der Waals surface area contributed by atoms with E-state index < -0.39 is 97.8 Å². The van der Waals surface area contributed by atoms with Gasteiger partial charge in [0.05, 0.1) is 32.6 Å². The van der Waals surface area contributed by atoms with Crippen molar-refractivity contribution in [1.29, 1.82) is 0 Å². The maximum Gasteiger partial charge on any atom is 0.337 e. The zero-order valence-electron chi connectivity index (χ0n) is 38.1. The molecule has 0 amide bonds. The Morgan fingerprint density at radius 2 is 1.12 bits per heavy atom. The van der Waals surface area contributed by atoms with E-state index >= 15 is 0 Å². The van der Waals surface area contributed by atoms with Gasteiger partial charge in [-0.2, -0.15) is 55.1 Å². The van der Waals surface area contributed by atoms with E-state index in [9.17, 15) is 87.7 Å². The lowest BCUT2D eigenvalue weighted by atomic mass is 10.0. The van der Waals surface area contributed by atoms with Gasteiger partial charge in [-0.25, -0.2) is 4.79 Å². The quantitative estimate of drug-likeness (QED) is 0.0222. The average Bonchev–Trinajstić information content (AvgIpc) is 3.24. The molecule has 0 unspecified atom stereocenters. The minimum absolute atomic E-state index is 0.0590. The van der Waals surface area contributed by atoms with Crippen molar-refractivity contribution in [2.45, 2.75) is 60.1 Å². The number of anilines is 1. The van der Waals surface area contributed by atoms with Crippen LogP contribution in [0.25, 0.3) is 27.1 Å². The van der Waals surface area contributed by atoms with Crippen molar-refractivity contribution in [3.63, 3.8) is 0 Å². The molecular weight excluding hydrogens is 1070 g/mol. The van der Waals surface area contributed by atoms with Crippen LogP contribution in [-0.2, 0) is 60.7 Å². The molecule has 4 aromatic carbocycles. The van der Waals surface area contributed by atoms with E-state index in [1.165, 1.54) is 84.0 Å². The van der Waals surface area contributed by atoms with E-state index in [4.69, 9.17) is 0 Å². The molecule has 388 valence electrons. The van der Waals surface area contributed by atoms with Gasteiger partial charge in [0.2, 0.25) is 5.69 Å². The summed E-state index contributed by atoms with van der Waals surface area (Å²) in [5, 5.41) is 9.18. The molecule has 0 bridgehead atoms. The molecule has 1 heterocycles. The molecule has 1 aromatic heterocycles. The summed E-state index contributed by atoms with van der Waals surface area (Å²) >= 11 is 0. The zero-order chi connectivity index (χ0) is 54.1. The van der Waals surface area contributed by atoms with E-state index in [2.05, 4.69) is 4.98 Å². The first-order valence-electron chi connectivity index (χ1n) is 20.6. The van der Waals surface area contributed by atoms with Crippen LogP contribution >= 0.6 is 0 Å². The van der Waals surface area contributed by atoms with Crippen molar-refractivity contribution in [3.8, 4) is 0 Å². The smallest absolute Gasteiger partial charge is 0.337 e. The lowest BCUT2D eigenvalue weighted by Crippen LogP contribution is -2.25. The van der Waals surface area contributed by atoms with Crippen LogP contribution in [0, 0.1) is 13.8 Å². The number of rotatable bonds is 20. The molecule has 0 saturated heterocycles. The number of carboxylic acid groups (broad SMARTS) is 1. The number of aromatic carboxylic acids is 1. The summed E-state index contributed by atoms with van der Waals surface area (Å²) in [4.78, 5) is 14.1. The first-order chi connectivity index (χ1) is 33.0. The first kappa shape index (κ1) is 57.1. The number of fused-ring (bicyclic) bond motifs is 2. The van der Waals surface area contributed by atoms with Gasteiger partial charge in [-0.05, 0) is 104 Å². The molecule has 72 heavy (non-hydrogen) atoms. The fraction of sp³-hybridized carbons (Fsp3) is 0.233. The summed E-state index contributed by atoms with van der Waals surface area (Å²) in [6, 6.07) is 11.0. The SMILES string of the molecule is CC(/C=C/C(=C/C=C(\C)N(CCCS(=O)(=O)O)c1ccc2c(S(=O)(=O)O)cc(S(=O)(=O)O)cc2c1C)c1ccc(C(=O)O)cn1)=[N+](CCCS(=O)(=O)O)c1ccc2c(S(=O)(=O)O)cc(S(=O)(=O)O)cc2c1C. The van der Waals surface area contributed by atoms with Crippen molar-refractivity contribution in [1.82, 2.24) is 4.98 Å². The van der Waals surface area contributed by atoms with Gasteiger partial charge in [-0.3, -0.25) is 32.3 Å². The topological polar surface area (TPSA) is 383 Å². The van der Waals surface area contributed by atoms with Gasteiger partial charge in [0.15, 0.2) is 5.71 Å². The minimum atomic E-state index is -5.07. The molecular formula is C43H46N3O20S6+. The second-order valence-corrected chi connectivity index (χ2v) is 24.8. The third-order valence-corrected chi connectivity index (χ3v) is 16.1. The number of allylic oxidation sites excluding steroid dienone is 6. The Morgan fingerprint density at radius 3 is 1.60 bits per heavy atom. The van der Waals surface area contributed by atoms with E-state index in [1.807, 2.05) is 0 Å². The second kappa shape index (κ2) is 21.3. The fourth-order valence-electron chi connectivity index (χ4n) is 7.63. The molecule has 29 heteroatoms. The Hall–Kier alpha value is -5.83. The van der Waals surface area contributed by atoms with Crippen LogP contribution in [0.5, 0.6) is 0 Å². The molecule has 0 saturated carbocycles. The van der Waals surface area contributed by atoms with Crippen molar-refractivity contribution >= 4 is 111 Å². The maximum atomic E-state index is 12.4. The molecule has 23 nitrogen and oxygen atoms in total. The van der Waals surface area contributed by atoms with Crippen LogP contribution < -0.4 is 4.90 Å². The third kappa shape index (κ3) is 14.2. The summed E-state index contributed by atoms with van der Waals surface area (Å²) in [6.45, 7) is 5.72. The maximum absolute atomic E-state index is 12.4. The highest BCUT2D eigenvalue weighted by atomic mass is 32.2. The molecule has 0 aliphatic heterocycles. The molecule has 0 aliphatic carbocycles. The van der Waals surface area contributed by atoms with Gasteiger partial charge in [0.25, 0.3) is 60.7 Å². The standard InChI is InChI=1S/C43H45N3O20S6/c1-26(45(17-5-19-67(49,50)51)39-15-12-34-36(28(39)3)21-32(69(55,56)57)23-41(34)71(61,62)63)7-9-30(38-14-11-31(25-44-38)43(47)48)10-8-27(2)46(18-6-20-68(52,53)54)40-16-13-35-37(29(40)4)22-33(70(58,59)60)24-42(35)72(64,65)66/h7-16,21-25H,5-6,17-20H2,1-4H3,(H6-,47,48,49,50,51,52,53,54,55,56,57,58,59,60,61,62,63,64,65,66)/p+1. The predicted molar refractivity (Wildman–Crippen MR) is 264 cm³/mol. The largest absolute Gasteiger partial charge is 0.478 e. The van der Waals surface area contributed by atoms with Crippen LogP contribution in [0.3, 0.4) is 0 Å². The Morgan fingerprint density at radius 1 is 0.611 bits per heavy atom. The Labute approximate surface area is 414 Å². The molecule has 0 radical (unpaired) electrons. The molecule has 7 N–H and O–H groups in total. The summed E-state index contributed by atoms with van der Waals surface area (Å²) in [7, 11) is -29.2. The number of pyridine rings is 1. The average molecular weight is 1120 g/mol. The normalized spacial score (nSPS) is 14.0. The molecule has 0 atom stereocenters.